The fourth-order valence-electron chi connectivity index (χ4n) is 1.82. The lowest BCUT2D eigenvalue weighted by atomic mass is 10.2. The van der Waals surface area contributed by atoms with Crippen molar-refractivity contribution in [2.75, 3.05) is 7.11 Å². The lowest BCUT2D eigenvalue weighted by Crippen LogP contribution is -1.98. The van der Waals surface area contributed by atoms with Gasteiger partial charge in [0.1, 0.15) is 6.61 Å². The molecule has 0 aliphatic rings. The molecule has 0 radical (unpaired) electrons. The van der Waals surface area contributed by atoms with Crippen molar-refractivity contribution in [3.05, 3.63) is 64.1 Å². The Hall–Kier alpha value is -2.27. The number of ether oxygens (including phenoxy) is 2. The lowest BCUT2D eigenvalue weighted by Gasteiger charge is -2.11. The zero-order valence-electron chi connectivity index (χ0n) is 12.0. The van der Waals surface area contributed by atoms with Crippen molar-refractivity contribution >= 4 is 28.0 Å². The molecule has 0 fully saturated rings. The first-order chi connectivity index (χ1) is 10.6. The number of carbonyl (C=O) groups is 1. The van der Waals surface area contributed by atoms with E-state index in [1.807, 2.05) is 24.3 Å². The highest BCUT2D eigenvalue weighted by atomic mass is 79.9. The number of aliphatic carboxylic acids is 1. The summed E-state index contributed by atoms with van der Waals surface area (Å²) in [6.45, 7) is 0.399. The van der Waals surface area contributed by atoms with E-state index in [-0.39, 0.29) is 0 Å². The van der Waals surface area contributed by atoms with E-state index in [2.05, 4.69) is 15.9 Å². The summed E-state index contributed by atoms with van der Waals surface area (Å²) in [5.41, 5.74) is 1.76. The van der Waals surface area contributed by atoms with Crippen LogP contribution in [0, 0.1) is 0 Å². The minimum atomic E-state index is -0.992. The van der Waals surface area contributed by atoms with Gasteiger partial charge in [0.2, 0.25) is 0 Å². The Bertz CT molecular complexity index is 678. The van der Waals surface area contributed by atoms with Gasteiger partial charge in [0.05, 0.1) is 7.11 Å². The number of methoxy groups -OCH3 is 1. The second-order valence-corrected chi connectivity index (χ2v) is 5.41. The van der Waals surface area contributed by atoms with Crippen LogP contribution < -0.4 is 9.47 Å². The van der Waals surface area contributed by atoms with Gasteiger partial charge in [0, 0.05) is 10.5 Å². The standard InChI is InChI=1S/C17H15BrO4/c1-21-15-8-4-12(5-9-17(19)20)10-16(15)22-11-13-2-6-14(18)7-3-13/h2-10H,11H2,1H3,(H,19,20). The summed E-state index contributed by atoms with van der Waals surface area (Å²) >= 11 is 3.39. The normalized spacial score (nSPS) is 10.6. The van der Waals surface area contributed by atoms with E-state index in [4.69, 9.17) is 14.6 Å². The smallest absolute Gasteiger partial charge is 0.328 e. The maximum Gasteiger partial charge on any atom is 0.328 e. The fourth-order valence-corrected chi connectivity index (χ4v) is 2.08. The molecule has 4 nitrogen and oxygen atoms in total. The average molecular weight is 363 g/mol. The predicted molar refractivity (Wildman–Crippen MR) is 88.1 cm³/mol. The molecule has 0 unspecified atom stereocenters. The van der Waals surface area contributed by atoms with Crippen LogP contribution in [-0.2, 0) is 11.4 Å². The highest BCUT2D eigenvalue weighted by Crippen LogP contribution is 2.29. The Morgan fingerprint density at radius 1 is 1.18 bits per heavy atom. The van der Waals surface area contributed by atoms with Crippen LogP contribution >= 0.6 is 15.9 Å². The van der Waals surface area contributed by atoms with Gasteiger partial charge in [0.25, 0.3) is 0 Å². The summed E-state index contributed by atoms with van der Waals surface area (Å²) in [6.07, 6.45) is 2.59. The third-order valence-corrected chi connectivity index (χ3v) is 3.44. The first kappa shape index (κ1) is 16.1. The van der Waals surface area contributed by atoms with Crippen LogP contribution in [0.1, 0.15) is 11.1 Å². The quantitative estimate of drug-likeness (QED) is 0.784. The van der Waals surface area contributed by atoms with Crippen molar-refractivity contribution in [3.8, 4) is 11.5 Å². The van der Waals surface area contributed by atoms with Gasteiger partial charge in [-0.2, -0.15) is 0 Å². The molecule has 0 aliphatic carbocycles. The number of hydrogen-bond acceptors (Lipinski definition) is 3. The van der Waals surface area contributed by atoms with Gasteiger partial charge < -0.3 is 14.6 Å². The third kappa shape index (κ3) is 4.63. The van der Waals surface area contributed by atoms with E-state index >= 15 is 0 Å². The SMILES string of the molecule is COc1ccc(C=CC(=O)O)cc1OCc1ccc(Br)cc1. The molecule has 2 rings (SSSR count). The van der Waals surface area contributed by atoms with E-state index < -0.39 is 5.97 Å². The van der Waals surface area contributed by atoms with E-state index in [0.29, 0.717) is 18.1 Å². The van der Waals surface area contributed by atoms with Gasteiger partial charge in [-0.25, -0.2) is 4.79 Å². The van der Waals surface area contributed by atoms with E-state index in [1.54, 1.807) is 25.3 Å². The van der Waals surface area contributed by atoms with Gasteiger partial charge in [0.15, 0.2) is 11.5 Å². The minimum Gasteiger partial charge on any atom is -0.493 e. The molecule has 22 heavy (non-hydrogen) atoms. The Kier molecular flexibility index (Phi) is 5.61. The Labute approximate surface area is 137 Å². The summed E-state index contributed by atoms with van der Waals surface area (Å²) in [7, 11) is 1.56. The highest BCUT2D eigenvalue weighted by molar-refractivity contribution is 9.10. The Morgan fingerprint density at radius 2 is 1.91 bits per heavy atom. The Balaban J connectivity index is 2.15. The molecule has 1 N–H and O–H groups in total. The second kappa shape index (κ2) is 7.66. The van der Waals surface area contributed by atoms with Gasteiger partial charge in [-0.15, -0.1) is 0 Å². The molecule has 0 saturated heterocycles. The fraction of sp³-hybridized carbons (Fsp3) is 0.118. The number of rotatable bonds is 6. The van der Waals surface area contributed by atoms with Crippen molar-refractivity contribution in [1.29, 1.82) is 0 Å². The average Bonchev–Trinajstić information content (AvgIpc) is 2.52. The Morgan fingerprint density at radius 3 is 2.55 bits per heavy atom. The predicted octanol–water partition coefficient (Wildman–Crippen LogP) is 4.13. The molecule has 0 atom stereocenters. The van der Waals surface area contributed by atoms with Crippen molar-refractivity contribution < 1.29 is 19.4 Å². The number of carboxylic acids is 1. The molecule has 0 aliphatic heterocycles. The highest BCUT2D eigenvalue weighted by Gasteiger charge is 2.05. The zero-order chi connectivity index (χ0) is 15.9. The van der Waals surface area contributed by atoms with Crippen LogP contribution in [0.3, 0.4) is 0 Å². The first-order valence-electron chi connectivity index (χ1n) is 6.55. The topological polar surface area (TPSA) is 55.8 Å². The largest absolute Gasteiger partial charge is 0.493 e. The second-order valence-electron chi connectivity index (χ2n) is 4.50. The van der Waals surface area contributed by atoms with Gasteiger partial charge in [-0.1, -0.05) is 34.1 Å². The monoisotopic (exact) mass is 362 g/mol. The van der Waals surface area contributed by atoms with E-state index in [9.17, 15) is 4.79 Å². The minimum absolute atomic E-state index is 0.399. The molecule has 0 heterocycles. The molecule has 0 aromatic heterocycles. The molecule has 5 heteroatoms. The van der Waals surface area contributed by atoms with Gasteiger partial charge >= 0.3 is 5.97 Å². The molecule has 0 amide bonds. The number of hydrogen-bond donors (Lipinski definition) is 1. The summed E-state index contributed by atoms with van der Waals surface area (Å²) in [5.74, 6) is 0.177. The summed E-state index contributed by atoms with van der Waals surface area (Å²) < 4.78 is 12.0. The number of halogens is 1. The van der Waals surface area contributed by atoms with E-state index in [0.717, 1.165) is 21.7 Å². The lowest BCUT2D eigenvalue weighted by molar-refractivity contribution is -0.131. The summed E-state index contributed by atoms with van der Waals surface area (Å²) in [4.78, 5) is 10.6. The summed E-state index contributed by atoms with van der Waals surface area (Å²) in [5, 5.41) is 8.67. The molecule has 2 aromatic carbocycles. The van der Waals surface area contributed by atoms with Crippen LogP contribution in [0.5, 0.6) is 11.5 Å². The van der Waals surface area contributed by atoms with Crippen molar-refractivity contribution in [2.45, 2.75) is 6.61 Å². The van der Waals surface area contributed by atoms with Crippen molar-refractivity contribution in [3.63, 3.8) is 0 Å². The van der Waals surface area contributed by atoms with Gasteiger partial charge in [-0.3, -0.25) is 0 Å². The van der Waals surface area contributed by atoms with Gasteiger partial charge in [-0.05, 0) is 41.5 Å². The van der Waals surface area contributed by atoms with E-state index in [1.165, 1.54) is 6.08 Å². The zero-order valence-corrected chi connectivity index (χ0v) is 13.5. The molecule has 0 saturated carbocycles. The van der Waals surface area contributed by atoms with Crippen LogP contribution in [0.15, 0.2) is 53.0 Å². The summed E-state index contributed by atoms with van der Waals surface area (Å²) in [6, 6.07) is 13.1. The molecule has 0 bridgehead atoms. The third-order valence-electron chi connectivity index (χ3n) is 2.91. The van der Waals surface area contributed by atoms with Crippen LogP contribution in [-0.4, -0.2) is 18.2 Å². The van der Waals surface area contributed by atoms with Crippen LogP contribution in [0.4, 0.5) is 0 Å². The first-order valence-corrected chi connectivity index (χ1v) is 7.34. The molecule has 0 spiro atoms. The maximum absolute atomic E-state index is 10.6. The molecular formula is C17H15BrO4. The maximum atomic E-state index is 10.6. The van der Waals surface area contributed by atoms with Crippen LogP contribution in [0.25, 0.3) is 6.08 Å². The number of benzene rings is 2. The molecular weight excluding hydrogens is 348 g/mol. The van der Waals surface area contributed by atoms with Crippen molar-refractivity contribution in [1.82, 2.24) is 0 Å². The van der Waals surface area contributed by atoms with Crippen molar-refractivity contribution in [2.24, 2.45) is 0 Å². The number of carboxylic acid groups (broad SMARTS) is 1. The molecule has 114 valence electrons. The molecule has 2 aromatic rings. The van der Waals surface area contributed by atoms with Crippen LogP contribution in [0.2, 0.25) is 0 Å².